The van der Waals surface area contributed by atoms with Gasteiger partial charge in [0.2, 0.25) is 0 Å². The largest absolute Gasteiger partial charge is 0.310 e. The van der Waals surface area contributed by atoms with E-state index in [9.17, 15) is 0 Å². The van der Waals surface area contributed by atoms with Crippen LogP contribution in [-0.2, 0) is 25.7 Å². The first-order valence-corrected chi connectivity index (χ1v) is 16.0. The van der Waals surface area contributed by atoms with Crippen LogP contribution in [0.4, 0.5) is 17.1 Å². The molecule has 43 heavy (non-hydrogen) atoms. The van der Waals surface area contributed by atoms with Gasteiger partial charge in [-0.1, -0.05) is 72.8 Å². The Morgan fingerprint density at radius 3 is 1.49 bits per heavy atom. The molecule has 0 bridgehead atoms. The first kappa shape index (κ1) is 26.0. The molecule has 0 amide bonds. The van der Waals surface area contributed by atoms with E-state index in [1.165, 1.54) is 123 Å². The third-order valence-corrected chi connectivity index (χ3v) is 9.53. The number of benzene rings is 6. The quantitative estimate of drug-likeness (QED) is 0.151. The predicted molar refractivity (Wildman–Crippen MR) is 185 cm³/mol. The van der Waals surface area contributed by atoms with Crippen molar-refractivity contribution < 1.29 is 0 Å². The van der Waals surface area contributed by atoms with E-state index in [0.29, 0.717) is 0 Å². The van der Waals surface area contributed by atoms with Crippen molar-refractivity contribution in [3.63, 3.8) is 0 Å². The molecule has 0 saturated carbocycles. The fourth-order valence-electron chi connectivity index (χ4n) is 7.15. The van der Waals surface area contributed by atoms with Gasteiger partial charge in [-0.15, -0.1) is 0 Å². The molecule has 6 aromatic carbocycles. The second-order valence-corrected chi connectivity index (χ2v) is 12.4. The zero-order valence-corrected chi connectivity index (χ0v) is 24.7. The molecule has 1 heteroatoms. The Balaban J connectivity index is 1.11. The normalized spacial score (nSPS) is 14.6. The third-order valence-electron chi connectivity index (χ3n) is 9.53. The molecule has 0 spiro atoms. The van der Waals surface area contributed by atoms with E-state index in [-0.39, 0.29) is 0 Å². The van der Waals surface area contributed by atoms with Crippen molar-refractivity contribution in [2.24, 2.45) is 0 Å². The number of nitrogens with zero attached hydrogens (tertiary/aromatic N) is 1. The van der Waals surface area contributed by atoms with Crippen molar-refractivity contribution in [1.82, 2.24) is 0 Å². The SMILES string of the molecule is C(=Cc1ccc2cc3ccccc3cc2c1)c1ccc(N(c2ccc3c(c2)CCCC3)c2ccc3c(c2)CCCC3)cc1. The number of aryl methyl sites for hydroxylation is 4. The van der Waals surface area contributed by atoms with Gasteiger partial charge in [-0.2, -0.15) is 0 Å². The molecule has 0 fully saturated rings. The number of hydrogen-bond acceptors (Lipinski definition) is 1. The summed E-state index contributed by atoms with van der Waals surface area (Å²) in [5.41, 5.74) is 12.3. The highest BCUT2D eigenvalue weighted by Crippen LogP contribution is 2.38. The summed E-state index contributed by atoms with van der Waals surface area (Å²) in [7, 11) is 0. The van der Waals surface area contributed by atoms with Crippen LogP contribution in [0.3, 0.4) is 0 Å². The topological polar surface area (TPSA) is 3.24 Å². The van der Waals surface area contributed by atoms with E-state index in [1.807, 2.05) is 0 Å². The Morgan fingerprint density at radius 2 is 0.860 bits per heavy atom. The molecule has 0 aromatic heterocycles. The molecule has 0 aliphatic heterocycles. The maximum absolute atomic E-state index is 2.46. The summed E-state index contributed by atoms with van der Waals surface area (Å²) in [6.45, 7) is 0. The average molecular weight is 556 g/mol. The molecule has 0 atom stereocenters. The highest BCUT2D eigenvalue weighted by molar-refractivity contribution is 5.99. The lowest BCUT2D eigenvalue weighted by Gasteiger charge is -2.29. The second-order valence-electron chi connectivity index (χ2n) is 12.4. The predicted octanol–water partition coefficient (Wildman–Crippen LogP) is 11.4. The first-order valence-electron chi connectivity index (χ1n) is 16.0. The van der Waals surface area contributed by atoms with Crippen LogP contribution in [0.1, 0.15) is 59.1 Å². The van der Waals surface area contributed by atoms with Crippen molar-refractivity contribution >= 4 is 50.8 Å². The lowest BCUT2D eigenvalue weighted by molar-refractivity contribution is 0.685. The molecule has 0 unspecified atom stereocenters. The molecule has 2 aliphatic carbocycles. The van der Waals surface area contributed by atoms with Gasteiger partial charge in [0.1, 0.15) is 0 Å². The number of anilines is 3. The minimum atomic E-state index is 1.19. The first-order chi connectivity index (χ1) is 21.3. The molecule has 0 heterocycles. The van der Waals surface area contributed by atoms with Gasteiger partial charge in [-0.05, 0) is 161 Å². The summed E-state index contributed by atoms with van der Waals surface area (Å²) in [4.78, 5) is 2.46. The molecule has 8 rings (SSSR count). The van der Waals surface area contributed by atoms with Crippen molar-refractivity contribution in [1.29, 1.82) is 0 Å². The van der Waals surface area contributed by atoms with Gasteiger partial charge < -0.3 is 4.90 Å². The van der Waals surface area contributed by atoms with Crippen LogP contribution < -0.4 is 4.90 Å². The molecule has 0 N–H and O–H groups in total. The van der Waals surface area contributed by atoms with Crippen LogP contribution in [-0.4, -0.2) is 0 Å². The van der Waals surface area contributed by atoms with Gasteiger partial charge in [0, 0.05) is 17.1 Å². The standard InChI is InChI=1S/C42H37N/c1-3-11-36-28-41(23-19-32(36)7-1)43(42-24-20-33-8-2-4-12-37(33)29-42)40-21-16-30(17-22-40)13-14-31-15-18-38-26-34-9-5-6-10-35(34)27-39(38)25-31/h5-6,9-10,13-29H,1-4,7-8,11-12H2. The van der Waals surface area contributed by atoms with Gasteiger partial charge in [0.15, 0.2) is 0 Å². The fraction of sp³-hybridized carbons (Fsp3) is 0.190. The summed E-state index contributed by atoms with van der Waals surface area (Å²) in [6.07, 6.45) is 14.5. The van der Waals surface area contributed by atoms with Crippen molar-refractivity contribution in [3.05, 3.63) is 149 Å². The van der Waals surface area contributed by atoms with Crippen LogP contribution >= 0.6 is 0 Å². The fourth-order valence-corrected chi connectivity index (χ4v) is 7.15. The molecule has 0 saturated heterocycles. The van der Waals surface area contributed by atoms with Crippen LogP contribution in [0.15, 0.2) is 115 Å². The Bertz CT molecular complexity index is 1920. The zero-order chi connectivity index (χ0) is 28.6. The lowest BCUT2D eigenvalue weighted by atomic mass is 9.90. The van der Waals surface area contributed by atoms with Gasteiger partial charge in [0.25, 0.3) is 0 Å². The van der Waals surface area contributed by atoms with E-state index < -0.39 is 0 Å². The molecule has 1 nitrogen and oxygen atoms in total. The number of hydrogen-bond donors (Lipinski definition) is 0. The maximum atomic E-state index is 2.46. The molecule has 2 aliphatic rings. The number of fused-ring (bicyclic) bond motifs is 4. The molecule has 210 valence electrons. The summed E-state index contributed by atoms with van der Waals surface area (Å²) in [6, 6.07) is 43.3. The van der Waals surface area contributed by atoms with Gasteiger partial charge in [0.05, 0.1) is 0 Å². The zero-order valence-electron chi connectivity index (χ0n) is 24.7. The summed E-state index contributed by atoms with van der Waals surface area (Å²) >= 11 is 0. The van der Waals surface area contributed by atoms with Crippen LogP contribution in [0.5, 0.6) is 0 Å². The smallest absolute Gasteiger partial charge is 0.0464 e. The van der Waals surface area contributed by atoms with Crippen molar-refractivity contribution in [3.8, 4) is 0 Å². The highest BCUT2D eigenvalue weighted by atomic mass is 15.1. The third kappa shape index (κ3) is 5.25. The average Bonchev–Trinajstić information content (AvgIpc) is 3.07. The van der Waals surface area contributed by atoms with E-state index in [0.717, 1.165) is 0 Å². The number of rotatable bonds is 5. The Labute approximate surface area is 255 Å². The molecular formula is C42H37N. The van der Waals surface area contributed by atoms with E-state index in [1.54, 1.807) is 0 Å². The van der Waals surface area contributed by atoms with Crippen LogP contribution in [0, 0.1) is 0 Å². The van der Waals surface area contributed by atoms with Crippen LogP contribution in [0.25, 0.3) is 33.7 Å². The highest BCUT2D eigenvalue weighted by Gasteiger charge is 2.18. The van der Waals surface area contributed by atoms with E-state index >= 15 is 0 Å². The summed E-state index contributed by atoms with van der Waals surface area (Å²) in [5, 5.41) is 5.14. The van der Waals surface area contributed by atoms with Gasteiger partial charge in [-0.3, -0.25) is 0 Å². The Hall–Kier alpha value is -4.62. The van der Waals surface area contributed by atoms with Crippen molar-refractivity contribution in [2.45, 2.75) is 51.4 Å². The molecule has 6 aromatic rings. The van der Waals surface area contributed by atoms with Crippen molar-refractivity contribution in [2.75, 3.05) is 4.90 Å². The molecule has 0 radical (unpaired) electrons. The minimum absolute atomic E-state index is 1.19. The monoisotopic (exact) mass is 555 g/mol. The maximum Gasteiger partial charge on any atom is 0.0464 e. The lowest BCUT2D eigenvalue weighted by Crippen LogP contribution is -2.13. The Kier molecular flexibility index (Phi) is 6.80. The Morgan fingerprint density at radius 1 is 0.372 bits per heavy atom. The molecular weight excluding hydrogens is 518 g/mol. The van der Waals surface area contributed by atoms with E-state index in [4.69, 9.17) is 0 Å². The van der Waals surface area contributed by atoms with Gasteiger partial charge in [-0.25, -0.2) is 0 Å². The van der Waals surface area contributed by atoms with Gasteiger partial charge >= 0.3 is 0 Å². The minimum Gasteiger partial charge on any atom is -0.310 e. The summed E-state index contributed by atoms with van der Waals surface area (Å²) < 4.78 is 0. The summed E-state index contributed by atoms with van der Waals surface area (Å²) in [5.74, 6) is 0. The van der Waals surface area contributed by atoms with Crippen LogP contribution in [0.2, 0.25) is 0 Å². The second kappa shape index (κ2) is 11.2. The van der Waals surface area contributed by atoms with E-state index in [2.05, 4.69) is 132 Å².